The standard InChI is InChI=1S/C12H24ClN/c1-2-3-4-5-6-9-14-10-7-8-12(13)11-14/h12H,2-11H2,1H3. The molecule has 0 aromatic heterocycles. The third-order valence-electron chi connectivity index (χ3n) is 3.03. The van der Waals surface area contributed by atoms with E-state index in [0.29, 0.717) is 5.38 Å². The molecule has 1 aliphatic rings. The van der Waals surface area contributed by atoms with Gasteiger partial charge in [0, 0.05) is 11.9 Å². The van der Waals surface area contributed by atoms with Crippen LogP contribution in [-0.2, 0) is 0 Å². The van der Waals surface area contributed by atoms with Gasteiger partial charge in [0.1, 0.15) is 0 Å². The van der Waals surface area contributed by atoms with E-state index < -0.39 is 0 Å². The number of piperidine rings is 1. The SMILES string of the molecule is CCCCCCCN1CCCC(Cl)C1. The minimum Gasteiger partial charge on any atom is -0.302 e. The van der Waals surface area contributed by atoms with Crippen molar-refractivity contribution in [1.29, 1.82) is 0 Å². The highest BCUT2D eigenvalue weighted by atomic mass is 35.5. The average Bonchev–Trinajstić information content (AvgIpc) is 2.18. The van der Waals surface area contributed by atoms with Gasteiger partial charge in [-0.1, -0.05) is 32.6 Å². The van der Waals surface area contributed by atoms with Crippen LogP contribution in [-0.4, -0.2) is 29.9 Å². The molecule has 14 heavy (non-hydrogen) atoms. The van der Waals surface area contributed by atoms with Crippen LogP contribution in [0.4, 0.5) is 0 Å². The first-order valence-electron chi connectivity index (χ1n) is 6.19. The fraction of sp³-hybridized carbons (Fsp3) is 1.00. The fourth-order valence-electron chi connectivity index (χ4n) is 2.14. The monoisotopic (exact) mass is 217 g/mol. The predicted octanol–water partition coefficient (Wildman–Crippen LogP) is 3.66. The number of nitrogens with zero attached hydrogens (tertiary/aromatic N) is 1. The third-order valence-corrected chi connectivity index (χ3v) is 3.38. The number of halogens is 1. The highest BCUT2D eigenvalue weighted by molar-refractivity contribution is 6.20. The van der Waals surface area contributed by atoms with Gasteiger partial charge < -0.3 is 4.90 Å². The van der Waals surface area contributed by atoms with Crippen LogP contribution in [0, 0.1) is 0 Å². The highest BCUT2D eigenvalue weighted by Gasteiger charge is 2.16. The summed E-state index contributed by atoms with van der Waals surface area (Å²) in [5.74, 6) is 0. The summed E-state index contributed by atoms with van der Waals surface area (Å²) < 4.78 is 0. The van der Waals surface area contributed by atoms with E-state index in [1.165, 1.54) is 58.0 Å². The van der Waals surface area contributed by atoms with Crippen LogP contribution in [0.1, 0.15) is 51.9 Å². The molecule has 0 aromatic carbocycles. The van der Waals surface area contributed by atoms with E-state index >= 15 is 0 Å². The Bertz CT molecular complexity index is 138. The molecular weight excluding hydrogens is 194 g/mol. The summed E-state index contributed by atoms with van der Waals surface area (Å²) in [7, 11) is 0. The van der Waals surface area contributed by atoms with Gasteiger partial charge in [-0.3, -0.25) is 0 Å². The van der Waals surface area contributed by atoms with Gasteiger partial charge in [0.05, 0.1) is 0 Å². The summed E-state index contributed by atoms with van der Waals surface area (Å²) in [6, 6.07) is 0. The zero-order valence-corrected chi connectivity index (χ0v) is 10.2. The third kappa shape index (κ3) is 5.21. The van der Waals surface area contributed by atoms with Gasteiger partial charge in [0.2, 0.25) is 0 Å². The molecule has 0 aliphatic carbocycles. The van der Waals surface area contributed by atoms with Crippen molar-refractivity contribution in [2.75, 3.05) is 19.6 Å². The first kappa shape index (κ1) is 12.3. The zero-order valence-electron chi connectivity index (χ0n) is 9.47. The summed E-state index contributed by atoms with van der Waals surface area (Å²) in [4.78, 5) is 2.53. The largest absolute Gasteiger partial charge is 0.302 e. The van der Waals surface area contributed by atoms with Crippen molar-refractivity contribution in [2.45, 2.75) is 57.2 Å². The molecule has 1 rings (SSSR count). The summed E-state index contributed by atoms with van der Waals surface area (Å²) in [6.45, 7) is 5.93. The first-order chi connectivity index (χ1) is 6.83. The second-order valence-corrected chi connectivity index (χ2v) is 5.07. The van der Waals surface area contributed by atoms with Crippen LogP contribution < -0.4 is 0 Å². The fourth-order valence-corrected chi connectivity index (χ4v) is 2.49. The number of likely N-dealkylation sites (tertiary alicyclic amines) is 1. The van der Waals surface area contributed by atoms with Crippen LogP contribution in [0.15, 0.2) is 0 Å². The number of alkyl halides is 1. The molecule has 1 aliphatic heterocycles. The summed E-state index contributed by atoms with van der Waals surface area (Å²) >= 11 is 6.13. The molecule has 1 fully saturated rings. The Balaban J connectivity index is 1.95. The maximum absolute atomic E-state index is 6.13. The van der Waals surface area contributed by atoms with E-state index in [9.17, 15) is 0 Å². The lowest BCUT2D eigenvalue weighted by atomic mass is 10.1. The van der Waals surface area contributed by atoms with E-state index in [1.54, 1.807) is 0 Å². The molecule has 1 heterocycles. The summed E-state index contributed by atoms with van der Waals surface area (Å²) in [5.41, 5.74) is 0. The molecule has 0 aromatic rings. The molecule has 1 atom stereocenters. The van der Waals surface area contributed by atoms with E-state index in [1.807, 2.05) is 0 Å². The van der Waals surface area contributed by atoms with Gasteiger partial charge in [-0.2, -0.15) is 0 Å². The van der Waals surface area contributed by atoms with Crippen molar-refractivity contribution in [3.63, 3.8) is 0 Å². The second-order valence-electron chi connectivity index (χ2n) is 4.45. The lowest BCUT2D eigenvalue weighted by molar-refractivity contribution is 0.227. The second kappa shape index (κ2) is 7.53. The Morgan fingerprint density at radius 3 is 2.71 bits per heavy atom. The predicted molar refractivity (Wildman–Crippen MR) is 64.1 cm³/mol. The van der Waals surface area contributed by atoms with Crippen molar-refractivity contribution in [1.82, 2.24) is 4.90 Å². The molecule has 2 heteroatoms. The number of unbranched alkanes of at least 4 members (excludes halogenated alkanes) is 4. The van der Waals surface area contributed by atoms with Crippen LogP contribution in [0.25, 0.3) is 0 Å². The molecular formula is C12H24ClN. The van der Waals surface area contributed by atoms with Gasteiger partial charge in [-0.25, -0.2) is 0 Å². The van der Waals surface area contributed by atoms with Gasteiger partial charge in [-0.15, -0.1) is 11.6 Å². The molecule has 0 N–H and O–H groups in total. The lowest BCUT2D eigenvalue weighted by Gasteiger charge is -2.29. The van der Waals surface area contributed by atoms with Crippen LogP contribution in [0.2, 0.25) is 0 Å². The smallest absolute Gasteiger partial charge is 0.0463 e. The topological polar surface area (TPSA) is 3.24 Å². The van der Waals surface area contributed by atoms with Crippen molar-refractivity contribution < 1.29 is 0 Å². The minimum absolute atomic E-state index is 0.416. The normalized spacial score (nSPS) is 24.0. The Morgan fingerprint density at radius 1 is 1.21 bits per heavy atom. The maximum Gasteiger partial charge on any atom is 0.0463 e. The Morgan fingerprint density at radius 2 is 2.00 bits per heavy atom. The van der Waals surface area contributed by atoms with Gasteiger partial charge in [0.25, 0.3) is 0 Å². The summed E-state index contributed by atoms with van der Waals surface area (Å²) in [6.07, 6.45) is 9.43. The van der Waals surface area contributed by atoms with Gasteiger partial charge in [-0.05, 0) is 32.4 Å². The van der Waals surface area contributed by atoms with Crippen LogP contribution >= 0.6 is 11.6 Å². The van der Waals surface area contributed by atoms with E-state index in [0.717, 1.165) is 6.54 Å². The highest BCUT2D eigenvalue weighted by Crippen LogP contribution is 2.15. The van der Waals surface area contributed by atoms with Crippen LogP contribution in [0.5, 0.6) is 0 Å². The van der Waals surface area contributed by atoms with Crippen molar-refractivity contribution in [3.05, 3.63) is 0 Å². The molecule has 0 spiro atoms. The summed E-state index contributed by atoms with van der Waals surface area (Å²) in [5, 5.41) is 0.416. The maximum atomic E-state index is 6.13. The molecule has 0 bridgehead atoms. The molecule has 0 radical (unpaired) electrons. The minimum atomic E-state index is 0.416. The number of rotatable bonds is 6. The van der Waals surface area contributed by atoms with Gasteiger partial charge in [0.15, 0.2) is 0 Å². The average molecular weight is 218 g/mol. The Labute approximate surface area is 93.8 Å². The van der Waals surface area contributed by atoms with E-state index in [2.05, 4.69) is 11.8 Å². The molecule has 1 nitrogen and oxygen atoms in total. The Hall–Kier alpha value is 0.250. The first-order valence-corrected chi connectivity index (χ1v) is 6.63. The van der Waals surface area contributed by atoms with E-state index in [-0.39, 0.29) is 0 Å². The van der Waals surface area contributed by atoms with Crippen molar-refractivity contribution in [3.8, 4) is 0 Å². The zero-order chi connectivity index (χ0) is 10.2. The molecule has 0 amide bonds. The van der Waals surface area contributed by atoms with E-state index in [4.69, 9.17) is 11.6 Å². The molecule has 0 saturated carbocycles. The number of hydrogen-bond donors (Lipinski definition) is 0. The molecule has 1 unspecified atom stereocenters. The lowest BCUT2D eigenvalue weighted by Crippen LogP contribution is -2.36. The van der Waals surface area contributed by atoms with Gasteiger partial charge >= 0.3 is 0 Å². The number of hydrogen-bond acceptors (Lipinski definition) is 1. The molecule has 1 saturated heterocycles. The van der Waals surface area contributed by atoms with Crippen molar-refractivity contribution >= 4 is 11.6 Å². The molecule has 84 valence electrons. The van der Waals surface area contributed by atoms with Crippen LogP contribution in [0.3, 0.4) is 0 Å². The quantitative estimate of drug-likeness (QED) is 0.485. The Kier molecular flexibility index (Phi) is 6.63. The van der Waals surface area contributed by atoms with Crippen molar-refractivity contribution in [2.24, 2.45) is 0 Å².